The van der Waals surface area contributed by atoms with E-state index in [9.17, 15) is 16.8 Å². The molecule has 180 valence electrons. The average molecular weight is 493 g/mol. The summed E-state index contributed by atoms with van der Waals surface area (Å²) in [5.74, 6) is 0.949. The molecule has 0 spiro atoms. The van der Waals surface area contributed by atoms with Crippen LogP contribution in [0.3, 0.4) is 0 Å². The number of ether oxygens (including phenoxy) is 1. The second-order valence-corrected chi connectivity index (χ2v) is 12.4. The fourth-order valence-electron chi connectivity index (χ4n) is 4.53. The van der Waals surface area contributed by atoms with Crippen LogP contribution in [-0.2, 0) is 20.0 Å². The molecule has 0 atom stereocenters. The number of sulfonamides is 2. The Bertz CT molecular complexity index is 1030. The van der Waals surface area contributed by atoms with E-state index in [0.717, 1.165) is 64.2 Å². The first-order valence-corrected chi connectivity index (χ1v) is 14.7. The smallest absolute Gasteiger partial charge is 0.240 e. The molecule has 2 aromatic carbocycles. The van der Waals surface area contributed by atoms with E-state index in [1.165, 1.54) is 24.3 Å². The highest BCUT2D eigenvalue weighted by Crippen LogP contribution is 2.26. The van der Waals surface area contributed by atoms with E-state index in [-0.39, 0.29) is 21.9 Å². The van der Waals surface area contributed by atoms with Gasteiger partial charge >= 0.3 is 0 Å². The number of hydrogen-bond acceptors (Lipinski definition) is 5. The summed E-state index contributed by atoms with van der Waals surface area (Å²) in [5.41, 5.74) is 0. The number of hydrogen-bond donors (Lipinski definition) is 2. The van der Waals surface area contributed by atoms with Crippen LogP contribution in [0.4, 0.5) is 0 Å². The van der Waals surface area contributed by atoms with Gasteiger partial charge in [-0.3, -0.25) is 0 Å². The molecule has 0 aromatic heterocycles. The van der Waals surface area contributed by atoms with Gasteiger partial charge in [0.2, 0.25) is 20.0 Å². The topological polar surface area (TPSA) is 102 Å². The third-order valence-electron chi connectivity index (χ3n) is 6.36. The predicted octanol–water partition coefficient (Wildman–Crippen LogP) is 4.70. The van der Waals surface area contributed by atoms with E-state index in [0.29, 0.717) is 11.5 Å². The summed E-state index contributed by atoms with van der Waals surface area (Å²) < 4.78 is 61.9. The van der Waals surface area contributed by atoms with Crippen molar-refractivity contribution in [3.8, 4) is 11.5 Å². The molecule has 4 rings (SSSR count). The Morgan fingerprint density at radius 3 is 1.21 bits per heavy atom. The maximum Gasteiger partial charge on any atom is 0.240 e. The van der Waals surface area contributed by atoms with Crippen molar-refractivity contribution in [1.29, 1.82) is 0 Å². The van der Waals surface area contributed by atoms with Crippen molar-refractivity contribution in [2.75, 3.05) is 0 Å². The zero-order valence-corrected chi connectivity index (χ0v) is 20.3. The normalized spacial score (nSPS) is 18.8. The molecule has 9 heteroatoms. The summed E-state index contributed by atoms with van der Waals surface area (Å²) in [6.45, 7) is 0. The van der Waals surface area contributed by atoms with Gasteiger partial charge < -0.3 is 4.74 Å². The van der Waals surface area contributed by atoms with Crippen molar-refractivity contribution in [3.63, 3.8) is 0 Å². The molecule has 2 aliphatic carbocycles. The molecular weight excluding hydrogens is 460 g/mol. The Hall–Kier alpha value is -1.94. The molecule has 0 heterocycles. The van der Waals surface area contributed by atoms with Crippen LogP contribution >= 0.6 is 0 Å². The molecule has 0 radical (unpaired) electrons. The van der Waals surface area contributed by atoms with Gasteiger partial charge in [-0.2, -0.15) is 0 Å². The van der Waals surface area contributed by atoms with Crippen LogP contribution in [0, 0.1) is 0 Å². The van der Waals surface area contributed by atoms with Crippen LogP contribution in [0.1, 0.15) is 64.2 Å². The number of rotatable bonds is 8. The molecule has 0 unspecified atom stereocenters. The van der Waals surface area contributed by atoms with Crippen LogP contribution in [0.2, 0.25) is 0 Å². The molecule has 2 aromatic rings. The Labute approximate surface area is 197 Å². The fraction of sp³-hybridized carbons (Fsp3) is 0.500. The quantitative estimate of drug-likeness (QED) is 0.556. The van der Waals surface area contributed by atoms with E-state index >= 15 is 0 Å². The maximum absolute atomic E-state index is 12.6. The third-order valence-corrected chi connectivity index (χ3v) is 9.43. The van der Waals surface area contributed by atoms with E-state index in [2.05, 4.69) is 9.44 Å². The molecule has 2 N–H and O–H groups in total. The largest absolute Gasteiger partial charge is 0.457 e. The zero-order valence-electron chi connectivity index (χ0n) is 18.7. The van der Waals surface area contributed by atoms with Gasteiger partial charge in [0.25, 0.3) is 0 Å². The Kier molecular flexibility index (Phi) is 7.73. The van der Waals surface area contributed by atoms with Gasteiger partial charge in [-0.05, 0) is 74.2 Å². The summed E-state index contributed by atoms with van der Waals surface area (Å²) in [4.78, 5) is 0.409. The van der Waals surface area contributed by atoms with Crippen molar-refractivity contribution in [2.24, 2.45) is 0 Å². The van der Waals surface area contributed by atoms with Crippen LogP contribution in [0.15, 0.2) is 58.3 Å². The van der Waals surface area contributed by atoms with Crippen LogP contribution in [0.5, 0.6) is 11.5 Å². The van der Waals surface area contributed by atoms with Crippen LogP contribution in [-0.4, -0.2) is 28.9 Å². The van der Waals surface area contributed by atoms with Crippen molar-refractivity contribution in [2.45, 2.75) is 86.1 Å². The van der Waals surface area contributed by atoms with Crippen molar-refractivity contribution in [3.05, 3.63) is 48.5 Å². The molecule has 0 bridgehead atoms. The third kappa shape index (κ3) is 6.56. The second kappa shape index (κ2) is 10.5. The summed E-state index contributed by atoms with van der Waals surface area (Å²) >= 11 is 0. The first kappa shape index (κ1) is 24.2. The van der Waals surface area contributed by atoms with E-state index in [4.69, 9.17) is 4.74 Å². The summed E-state index contributed by atoms with van der Waals surface area (Å²) in [7, 11) is -7.13. The number of benzene rings is 2. The Morgan fingerprint density at radius 2 is 0.879 bits per heavy atom. The minimum atomic E-state index is -3.56. The van der Waals surface area contributed by atoms with Gasteiger partial charge in [-0.1, -0.05) is 38.5 Å². The molecule has 0 amide bonds. The molecule has 33 heavy (non-hydrogen) atoms. The first-order chi connectivity index (χ1) is 15.8. The van der Waals surface area contributed by atoms with Crippen molar-refractivity contribution < 1.29 is 21.6 Å². The monoisotopic (exact) mass is 492 g/mol. The van der Waals surface area contributed by atoms with Crippen LogP contribution < -0.4 is 14.2 Å². The lowest BCUT2D eigenvalue weighted by Gasteiger charge is -2.22. The lowest BCUT2D eigenvalue weighted by Crippen LogP contribution is -2.36. The minimum absolute atomic E-state index is 0.00192. The fourth-order valence-corrected chi connectivity index (χ4v) is 7.14. The lowest BCUT2D eigenvalue weighted by molar-refractivity contribution is 0.412. The maximum atomic E-state index is 12.6. The van der Waals surface area contributed by atoms with Crippen molar-refractivity contribution >= 4 is 20.0 Å². The SMILES string of the molecule is O=S(=O)(NC1CCCCC1)c1ccc(Oc2ccc(S(=O)(=O)NC3CCCCC3)cc2)cc1. The second-order valence-electron chi connectivity index (χ2n) is 8.96. The Balaban J connectivity index is 1.37. The van der Waals surface area contributed by atoms with Crippen LogP contribution in [0.25, 0.3) is 0 Å². The molecule has 0 saturated heterocycles. The van der Waals surface area contributed by atoms with E-state index in [1.807, 2.05) is 0 Å². The van der Waals surface area contributed by atoms with Gasteiger partial charge in [0.15, 0.2) is 0 Å². The minimum Gasteiger partial charge on any atom is -0.457 e. The molecule has 2 fully saturated rings. The highest BCUT2D eigenvalue weighted by Gasteiger charge is 2.23. The lowest BCUT2D eigenvalue weighted by atomic mass is 9.96. The van der Waals surface area contributed by atoms with Gasteiger partial charge in [0, 0.05) is 12.1 Å². The highest BCUT2D eigenvalue weighted by molar-refractivity contribution is 7.89. The predicted molar refractivity (Wildman–Crippen MR) is 127 cm³/mol. The Morgan fingerprint density at radius 1 is 0.545 bits per heavy atom. The van der Waals surface area contributed by atoms with Crippen molar-refractivity contribution in [1.82, 2.24) is 9.44 Å². The summed E-state index contributed by atoms with van der Waals surface area (Å²) in [6.07, 6.45) is 10.0. The highest BCUT2D eigenvalue weighted by atomic mass is 32.2. The standard InChI is InChI=1S/C24H32N2O5S2/c27-32(28,25-19-7-3-1-4-8-19)23-15-11-21(12-16-23)31-22-13-17-24(18-14-22)33(29,30)26-20-9-5-2-6-10-20/h11-20,25-26H,1-10H2. The molecule has 2 aliphatic rings. The molecular formula is C24H32N2O5S2. The van der Waals surface area contributed by atoms with E-state index < -0.39 is 20.0 Å². The number of nitrogens with one attached hydrogen (secondary N) is 2. The molecule has 2 saturated carbocycles. The average Bonchev–Trinajstić information content (AvgIpc) is 2.81. The van der Waals surface area contributed by atoms with Gasteiger partial charge in [-0.25, -0.2) is 26.3 Å². The summed E-state index contributed by atoms with van der Waals surface area (Å²) in [5, 5.41) is 0. The van der Waals surface area contributed by atoms with E-state index in [1.54, 1.807) is 24.3 Å². The summed E-state index contributed by atoms with van der Waals surface area (Å²) in [6, 6.07) is 12.5. The zero-order chi connectivity index (χ0) is 23.3. The van der Waals surface area contributed by atoms with Gasteiger partial charge in [0.05, 0.1) is 9.79 Å². The molecule has 0 aliphatic heterocycles. The van der Waals surface area contributed by atoms with Gasteiger partial charge in [-0.15, -0.1) is 0 Å². The van der Waals surface area contributed by atoms with Gasteiger partial charge in [0.1, 0.15) is 11.5 Å². The molecule has 7 nitrogen and oxygen atoms in total. The first-order valence-electron chi connectivity index (χ1n) is 11.7.